The largest absolute Gasteiger partial charge is 0.386 e. The molecule has 5 rings (SSSR count). The third kappa shape index (κ3) is 2.84. The molecule has 0 radical (unpaired) electrons. The van der Waals surface area contributed by atoms with Gasteiger partial charge in [-0.3, -0.25) is 4.79 Å². The van der Waals surface area contributed by atoms with Crippen LogP contribution in [0, 0.1) is 17.3 Å². The quantitative estimate of drug-likeness (QED) is 0.699. The second-order valence-corrected chi connectivity index (χ2v) is 10.5. The molecule has 156 valence electrons. The Morgan fingerprint density at radius 3 is 2.52 bits per heavy atom. The topological polar surface area (TPSA) is 40.5 Å². The van der Waals surface area contributed by atoms with Crippen LogP contribution in [0.3, 0.4) is 0 Å². The minimum atomic E-state index is -0.581. The zero-order valence-corrected chi connectivity index (χ0v) is 18.2. The molecule has 1 aromatic rings. The lowest BCUT2D eigenvalue weighted by molar-refractivity contribution is -0.128. The molecule has 0 amide bonds. The molecule has 3 nitrogen and oxygen atoms in total. The Kier molecular flexibility index (Phi) is 4.47. The molecule has 0 aliphatic heterocycles. The zero-order chi connectivity index (χ0) is 20.4. The lowest BCUT2D eigenvalue weighted by Gasteiger charge is -2.53. The minimum Gasteiger partial charge on any atom is -0.386 e. The van der Waals surface area contributed by atoms with E-state index in [1.165, 1.54) is 28.8 Å². The molecule has 5 atom stereocenters. The van der Waals surface area contributed by atoms with E-state index in [9.17, 15) is 9.90 Å². The highest BCUT2D eigenvalue weighted by Gasteiger charge is 2.58. The number of Topliss-reactive ketones (excluding diaryl/α,β-unsaturated/α-hetero) is 1. The van der Waals surface area contributed by atoms with E-state index in [-0.39, 0.29) is 11.3 Å². The SMILES string of the molecule is CN(C)c1ccc(C2C[C@]3(C)C(=O)CC[C@H]3[C@@H]3CCC4(O)CCCCC4=C23)cc1. The van der Waals surface area contributed by atoms with Crippen molar-refractivity contribution in [3.8, 4) is 0 Å². The number of hydrogen-bond donors (Lipinski definition) is 1. The fourth-order valence-corrected chi connectivity index (χ4v) is 7.30. The first-order valence-electron chi connectivity index (χ1n) is 11.6. The van der Waals surface area contributed by atoms with E-state index in [0.29, 0.717) is 17.6 Å². The fraction of sp³-hybridized carbons (Fsp3) is 0.654. The molecular formula is C26H35NO2. The van der Waals surface area contributed by atoms with Crippen LogP contribution in [0.1, 0.15) is 76.2 Å². The summed E-state index contributed by atoms with van der Waals surface area (Å²) in [6, 6.07) is 8.95. The van der Waals surface area contributed by atoms with E-state index < -0.39 is 5.60 Å². The maximum Gasteiger partial charge on any atom is 0.139 e. The first kappa shape index (κ1) is 19.4. The number of fused-ring (bicyclic) bond motifs is 4. The van der Waals surface area contributed by atoms with Crippen LogP contribution in [-0.2, 0) is 4.79 Å². The predicted molar refractivity (Wildman–Crippen MR) is 117 cm³/mol. The summed E-state index contributed by atoms with van der Waals surface area (Å²) >= 11 is 0. The molecule has 3 saturated carbocycles. The summed E-state index contributed by atoms with van der Waals surface area (Å²) < 4.78 is 0. The third-order valence-corrected chi connectivity index (χ3v) is 8.88. The highest BCUT2D eigenvalue weighted by Crippen LogP contribution is 2.63. The molecule has 29 heavy (non-hydrogen) atoms. The monoisotopic (exact) mass is 393 g/mol. The molecule has 3 fully saturated rings. The maximum atomic E-state index is 13.0. The molecule has 4 aliphatic rings. The zero-order valence-electron chi connectivity index (χ0n) is 18.2. The molecule has 0 heterocycles. The van der Waals surface area contributed by atoms with Gasteiger partial charge in [-0.15, -0.1) is 0 Å². The van der Waals surface area contributed by atoms with Gasteiger partial charge in [0.15, 0.2) is 0 Å². The molecule has 2 unspecified atom stereocenters. The summed E-state index contributed by atoms with van der Waals surface area (Å²) in [5, 5.41) is 11.5. The Morgan fingerprint density at radius 2 is 1.79 bits per heavy atom. The van der Waals surface area contributed by atoms with Gasteiger partial charge in [0, 0.05) is 37.5 Å². The molecule has 0 spiro atoms. The number of benzene rings is 1. The average molecular weight is 394 g/mol. The van der Waals surface area contributed by atoms with Gasteiger partial charge >= 0.3 is 0 Å². The van der Waals surface area contributed by atoms with Gasteiger partial charge in [0.1, 0.15) is 5.78 Å². The van der Waals surface area contributed by atoms with Gasteiger partial charge in [0.2, 0.25) is 0 Å². The van der Waals surface area contributed by atoms with Gasteiger partial charge in [0.05, 0.1) is 5.60 Å². The van der Waals surface area contributed by atoms with Crippen molar-refractivity contribution >= 4 is 11.5 Å². The Labute approximate surface area is 175 Å². The maximum absolute atomic E-state index is 13.0. The van der Waals surface area contributed by atoms with Gasteiger partial charge in [0.25, 0.3) is 0 Å². The molecule has 1 aromatic carbocycles. The van der Waals surface area contributed by atoms with E-state index in [4.69, 9.17) is 0 Å². The number of hydrogen-bond acceptors (Lipinski definition) is 3. The molecule has 4 aliphatic carbocycles. The molecule has 0 aromatic heterocycles. The third-order valence-electron chi connectivity index (χ3n) is 8.88. The Hall–Kier alpha value is -1.61. The van der Waals surface area contributed by atoms with E-state index >= 15 is 0 Å². The summed E-state index contributed by atoms with van der Waals surface area (Å²) in [4.78, 5) is 15.1. The summed E-state index contributed by atoms with van der Waals surface area (Å²) in [6.45, 7) is 2.25. The fourth-order valence-electron chi connectivity index (χ4n) is 7.30. The van der Waals surface area contributed by atoms with Crippen LogP contribution in [0.4, 0.5) is 5.69 Å². The highest BCUT2D eigenvalue weighted by molar-refractivity contribution is 5.87. The second-order valence-electron chi connectivity index (χ2n) is 10.5. The van der Waals surface area contributed by atoms with E-state index in [0.717, 1.165) is 51.4 Å². The summed E-state index contributed by atoms with van der Waals surface area (Å²) in [5.74, 6) is 1.71. The number of ketones is 1. The number of rotatable bonds is 2. The summed E-state index contributed by atoms with van der Waals surface area (Å²) in [5.41, 5.74) is 4.66. The van der Waals surface area contributed by atoms with Crippen LogP contribution in [0.25, 0.3) is 0 Å². The van der Waals surface area contributed by atoms with Gasteiger partial charge in [-0.25, -0.2) is 0 Å². The van der Waals surface area contributed by atoms with E-state index in [1.807, 2.05) is 0 Å². The first-order valence-corrected chi connectivity index (χ1v) is 11.6. The normalized spacial score (nSPS) is 39.0. The van der Waals surface area contributed by atoms with Crippen LogP contribution < -0.4 is 4.90 Å². The van der Waals surface area contributed by atoms with Crippen molar-refractivity contribution in [2.45, 2.75) is 76.2 Å². The second kappa shape index (κ2) is 6.70. The van der Waals surface area contributed by atoms with Gasteiger partial charge in [-0.1, -0.05) is 24.6 Å². The Bertz CT molecular complexity index is 854. The number of anilines is 1. The molecule has 0 bridgehead atoms. The van der Waals surface area contributed by atoms with Crippen LogP contribution in [-0.4, -0.2) is 30.6 Å². The average Bonchev–Trinajstić information content (AvgIpc) is 3.01. The molecule has 1 N–H and O–H groups in total. The summed E-state index contributed by atoms with van der Waals surface area (Å²) in [6.07, 6.45) is 8.96. The number of aliphatic hydroxyl groups is 1. The van der Waals surface area contributed by atoms with Crippen molar-refractivity contribution in [1.29, 1.82) is 0 Å². The highest BCUT2D eigenvalue weighted by atomic mass is 16.3. The van der Waals surface area contributed by atoms with Crippen molar-refractivity contribution in [3.63, 3.8) is 0 Å². The van der Waals surface area contributed by atoms with Gasteiger partial charge in [-0.05, 0) is 86.5 Å². The molecule has 3 heteroatoms. The van der Waals surface area contributed by atoms with Crippen molar-refractivity contribution in [2.75, 3.05) is 19.0 Å². The molecular weight excluding hydrogens is 358 g/mol. The smallest absolute Gasteiger partial charge is 0.139 e. The predicted octanol–water partition coefficient (Wildman–Crippen LogP) is 5.24. The standard InChI is InChI=1S/C26H35NO2/c1-25-16-20(17-7-9-18(10-8-17)27(2)3)24-19(21(25)11-12-23(25)28)13-15-26(29)14-5-4-6-22(24)26/h7-10,19-21,29H,4-6,11-16H2,1-3H3/t19-,20?,21-,25-,26?/m0/s1. The number of allylic oxidation sites excluding steroid dienone is 1. The number of carbonyl (C=O) groups excluding carboxylic acids is 1. The van der Waals surface area contributed by atoms with Crippen LogP contribution in [0.15, 0.2) is 35.4 Å². The summed E-state index contributed by atoms with van der Waals surface area (Å²) in [7, 11) is 4.14. The van der Waals surface area contributed by atoms with Gasteiger partial charge < -0.3 is 10.0 Å². The Morgan fingerprint density at radius 1 is 1.03 bits per heavy atom. The number of carbonyl (C=O) groups is 1. The van der Waals surface area contributed by atoms with Crippen molar-refractivity contribution < 1.29 is 9.90 Å². The van der Waals surface area contributed by atoms with Crippen LogP contribution in [0.5, 0.6) is 0 Å². The first-order chi connectivity index (χ1) is 13.8. The lowest BCUT2D eigenvalue weighted by Crippen LogP contribution is -2.48. The van der Waals surface area contributed by atoms with Crippen LogP contribution >= 0.6 is 0 Å². The molecule has 0 saturated heterocycles. The van der Waals surface area contributed by atoms with E-state index in [2.05, 4.69) is 50.2 Å². The van der Waals surface area contributed by atoms with Crippen LogP contribution in [0.2, 0.25) is 0 Å². The van der Waals surface area contributed by atoms with E-state index in [1.54, 1.807) is 0 Å². The Balaban J connectivity index is 1.65. The lowest BCUT2D eigenvalue weighted by atomic mass is 9.51. The number of nitrogens with zero attached hydrogens (tertiary/aromatic N) is 1. The van der Waals surface area contributed by atoms with Gasteiger partial charge in [-0.2, -0.15) is 0 Å². The van der Waals surface area contributed by atoms with Crippen molar-refractivity contribution in [1.82, 2.24) is 0 Å². The minimum absolute atomic E-state index is 0.191. The van der Waals surface area contributed by atoms with Crippen molar-refractivity contribution in [2.24, 2.45) is 17.3 Å². The van der Waals surface area contributed by atoms with Crippen molar-refractivity contribution in [3.05, 3.63) is 41.0 Å².